The molecule has 0 saturated heterocycles. The van der Waals surface area contributed by atoms with Gasteiger partial charge < -0.3 is 10.6 Å². The first-order chi connectivity index (χ1) is 13.1. The topological polar surface area (TPSA) is 71.1 Å². The van der Waals surface area contributed by atoms with Gasteiger partial charge in [-0.1, -0.05) is 24.1 Å². The van der Waals surface area contributed by atoms with E-state index in [1.807, 2.05) is 30.3 Å². The van der Waals surface area contributed by atoms with Crippen LogP contribution in [-0.2, 0) is 4.79 Å². The van der Waals surface area contributed by atoms with Crippen molar-refractivity contribution in [2.24, 2.45) is 0 Å². The molecule has 1 aromatic heterocycles. The third kappa shape index (κ3) is 5.28. The number of nitrogens with one attached hydrogen (secondary N) is 2. The highest BCUT2D eigenvalue weighted by Gasteiger charge is 2.07. The van der Waals surface area contributed by atoms with Crippen LogP contribution in [0.25, 0.3) is 0 Å². The van der Waals surface area contributed by atoms with Crippen LogP contribution in [0, 0.1) is 11.8 Å². The lowest BCUT2D eigenvalue weighted by Gasteiger charge is -2.08. The highest BCUT2D eigenvalue weighted by molar-refractivity contribution is 6.05. The molecule has 5 nitrogen and oxygen atoms in total. The van der Waals surface area contributed by atoms with E-state index in [0.29, 0.717) is 22.6 Å². The Hall–Kier alpha value is -3.91. The van der Waals surface area contributed by atoms with Gasteiger partial charge in [-0.25, -0.2) is 4.98 Å². The van der Waals surface area contributed by atoms with Crippen LogP contribution < -0.4 is 10.6 Å². The zero-order chi connectivity index (χ0) is 19.1. The number of nitrogens with zero attached hydrogens (tertiary/aromatic N) is 1. The second kappa shape index (κ2) is 8.45. The van der Waals surface area contributed by atoms with E-state index in [1.165, 1.54) is 6.92 Å². The summed E-state index contributed by atoms with van der Waals surface area (Å²) in [6, 6.07) is 19.6. The predicted molar refractivity (Wildman–Crippen MR) is 105 cm³/mol. The van der Waals surface area contributed by atoms with Crippen LogP contribution >= 0.6 is 0 Å². The van der Waals surface area contributed by atoms with E-state index < -0.39 is 0 Å². The Kier molecular flexibility index (Phi) is 5.60. The molecule has 0 spiro atoms. The molecule has 0 radical (unpaired) electrons. The Morgan fingerprint density at radius 3 is 2.37 bits per heavy atom. The number of rotatable bonds is 3. The minimum absolute atomic E-state index is 0.188. The molecular formula is C22H17N3O2. The van der Waals surface area contributed by atoms with E-state index >= 15 is 0 Å². The third-order valence-corrected chi connectivity index (χ3v) is 3.57. The van der Waals surface area contributed by atoms with Crippen LogP contribution in [0.15, 0.2) is 72.9 Å². The molecule has 0 fully saturated rings. The fourth-order valence-electron chi connectivity index (χ4n) is 2.39. The molecule has 0 aliphatic rings. The number of benzene rings is 2. The molecule has 0 aliphatic heterocycles. The summed E-state index contributed by atoms with van der Waals surface area (Å²) < 4.78 is 0. The van der Waals surface area contributed by atoms with Gasteiger partial charge in [0, 0.05) is 35.6 Å². The van der Waals surface area contributed by atoms with Crippen molar-refractivity contribution in [2.45, 2.75) is 6.92 Å². The summed E-state index contributed by atoms with van der Waals surface area (Å²) in [7, 11) is 0. The van der Waals surface area contributed by atoms with E-state index in [1.54, 1.807) is 42.6 Å². The number of carbonyl (C=O) groups is 2. The predicted octanol–water partition coefficient (Wildman–Crippen LogP) is 3.69. The average molecular weight is 355 g/mol. The largest absolute Gasteiger partial charge is 0.326 e. The van der Waals surface area contributed by atoms with Gasteiger partial charge in [0.05, 0.1) is 0 Å². The first kappa shape index (κ1) is 17.9. The molecule has 3 rings (SSSR count). The van der Waals surface area contributed by atoms with Crippen LogP contribution in [0.2, 0.25) is 0 Å². The summed E-state index contributed by atoms with van der Waals surface area (Å²) in [6.45, 7) is 1.42. The number of pyridine rings is 1. The molecule has 0 saturated carbocycles. The number of anilines is 2. The van der Waals surface area contributed by atoms with Crippen molar-refractivity contribution in [1.82, 2.24) is 4.98 Å². The van der Waals surface area contributed by atoms with Crippen molar-refractivity contribution in [1.29, 1.82) is 0 Å². The van der Waals surface area contributed by atoms with Crippen molar-refractivity contribution in [3.8, 4) is 11.8 Å². The normalized spacial score (nSPS) is 9.67. The van der Waals surface area contributed by atoms with E-state index in [2.05, 4.69) is 27.5 Å². The van der Waals surface area contributed by atoms with E-state index in [0.717, 1.165) is 5.56 Å². The molecule has 132 valence electrons. The number of aromatic nitrogens is 1. The lowest BCUT2D eigenvalue weighted by Crippen LogP contribution is -2.13. The number of carbonyl (C=O) groups excluding carboxylic acids is 2. The maximum Gasteiger partial charge on any atom is 0.255 e. The van der Waals surface area contributed by atoms with Crippen LogP contribution in [0.5, 0.6) is 0 Å². The van der Waals surface area contributed by atoms with Crippen LogP contribution in [0.4, 0.5) is 11.4 Å². The zero-order valence-electron chi connectivity index (χ0n) is 14.7. The summed E-state index contributed by atoms with van der Waals surface area (Å²) in [5.74, 6) is 5.56. The number of amides is 2. The Morgan fingerprint density at radius 2 is 1.63 bits per heavy atom. The Labute approximate surface area is 157 Å². The van der Waals surface area contributed by atoms with Gasteiger partial charge in [-0.3, -0.25) is 9.59 Å². The SMILES string of the molecule is CC(=O)Nc1cccc(C(=O)Nc2cccc(C#Cc3ccccn3)c2)c1. The second-order valence-electron chi connectivity index (χ2n) is 5.76. The quantitative estimate of drug-likeness (QED) is 0.704. The summed E-state index contributed by atoms with van der Waals surface area (Å²) >= 11 is 0. The van der Waals surface area contributed by atoms with Crippen molar-refractivity contribution < 1.29 is 9.59 Å². The van der Waals surface area contributed by atoms with E-state index in [4.69, 9.17) is 0 Å². The van der Waals surface area contributed by atoms with Crippen molar-refractivity contribution in [2.75, 3.05) is 10.6 Å². The lowest BCUT2D eigenvalue weighted by atomic mass is 10.1. The smallest absolute Gasteiger partial charge is 0.255 e. The molecule has 3 aromatic rings. The lowest BCUT2D eigenvalue weighted by molar-refractivity contribution is -0.114. The minimum Gasteiger partial charge on any atom is -0.326 e. The van der Waals surface area contributed by atoms with Crippen molar-refractivity contribution in [3.63, 3.8) is 0 Å². The third-order valence-electron chi connectivity index (χ3n) is 3.57. The van der Waals surface area contributed by atoms with Crippen LogP contribution in [-0.4, -0.2) is 16.8 Å². The van der Waals surface area contributed by atoms with Gasteiger partial charge in [0.2, 0.25) is 5.91 Å². The first-order valence-corrected chi connectivity index (χ1v) is 8.32. The van der Waals surface area contributed by atoms with Crippen LogP contribution in [0.3, 0.4) is 0 Å². The van der Waals surface area contributed by atoms with E-state index in [-0.39, 0.29) is 11.8 Å². The fourth-order valence-corrected chi connectivity index (χ4v) is 2.39. The maximum absolute atomic E-state index is 12.5. The Morgan fingerprint density at radius 1 is 0.852 bits per heavy atom. The average Bonchev–Trinajstić information content (AvgIpc) is 2.67. The van der Waals surface area contributed by atoms with Gasteiger partial charge in [0.15, 0.2) is 0 Å². The summed E-state index contributed by atoms with van der Waals surface area (Å²) in [6.07, 6.45) is 1.69. The Bertz CT molecular complexity index is 1030. The molecule has 5 heteroatoms. The summed E-state index contributed by atoms with van der Waals surface area (Å²) in [5, 5.41) is 5.50. The van der Waals surface area contributed by atoms with Gasteiger partial charge in [0.1, 0.15) is 5.69 Å². The standard InChI is InChI=1S/C22H17N3O2/c1-16(26)24-21-10-5-7-18(15-21)22(27)25-20-9-4-6-17(14-20)11-12-19-8-2-3-13-23-19/h2-10,13-15H,1H3,(H,24,26)(H,25,27). The highest BCUT2D eigenvalue weighted by atomic mass is 16.2. The van der Waals surface area contributed by atoms with Gasteiger partial charge in [-0.15, -0.1) is 0 Å². The molecule has 0 bridgehead atoms. The van der Waals surface area contributed by atoms with Gasteiger partial charge >= 0.3 is 0 Å². The molecule has 1 heterocycles. The molecule has 2 aromatic carbocycles. The second-order valence-corrected chi connectivity index (χ2v) is 5.76. The molecule has 0 aliphatic carbocycles. The van der Waals surface area contributed by atoms with Gasteiger partial charge in [-0.05, 0) is 54.5 Å². The minimum atomic E-state index is -0.267. The molecule has 2 N–H and O–H groups in total. The monoisotopic (exact) mass is 355 g/mol. The van der Waals surface area contributed by atoms with Gasteiger partial charge in [0.25, 0.3) is 5.91 Å². The number of hydrogen-bond acceptors (Lipinski definition) is 3. The van der Waals surface area contributed by atoms with Crippen LogP contribution in [0.1, 0.15) is 28.5 Å². The molecule has 0 unspecified atom stereocenters. The van der Waals surface area contributed by atoms with Gasteiger partial charge in [-0.2, -0.15) is 0 Å². The molecule has 2 amide bonds. The summed E-state index contributed by atoms with van der Waals surface area (Å²) in [4.78, 5) is 27.8. The zero-order valence-corrected chi connectivity index (χ0v) is 14.7. The van der Waals surface area contributed by atoms with E-state index in [9.17, 15) is 9.59 Å². The Balaban J connectivity index is 1.74. The van der Waals surface area contributed by atoms with Crippen molar-refractivity contribution in [3.05, 3.63) is 89.7 Å². The summed E-state index contributed by atoms with van der Waals surface area (Å²) in [5.41, 5.74) is 3.11. The number of hydrogen-bond donors (Lipinski definition) is 2. The first-order valence-electron chi connectivity index (χ1n) is 8.32. The molecule has 27 heavy (non-hydrogen) atoms. The maximum atomic E-state index is 12.5. The highest BCUT2D eigenvalue weighted by Crippen LogP contribution is 2.15. The molecule has 0 atom stereocenters. The molecular weight excluding hydrogens is 338 g/mol. The van der Waals surface area contributed by atoms with Crippen molar-refractivity contribution >= 4 is 23.2 Å². The fraction of sp³-hybridized carbons (Fsp3) is 0.0455.